The number of pyridine rings is 1. The van der Waals surface area contributed by atoms with Gasteiger partial charge in [-0.2, -0.15) is 0 Å². The lowest BCUT2D eigenvalue weighted by molar-refractivity contribution is -0.134. The Bertz CT molecular complexity index is 841. The number of methoxy groups -OCH3 is 1. The summed E-state index contributed by atoms with van der Waals surface area (Å²) in [6.07, 6.45) is 4.56. The van der Waals surface area contributed by atoms with Crippen LogP contribution >= 0.6 is 0 Å². The number of ether oxygens (including phenoxy) is 2. The number of rotatable bonds is 8. The Morgan fingerprint density at radius 2 is 2.14 bits per heavy atom. The highest BCUT2D eigenvalue weighted by atomic mass is 16.5. The minimum atomic E-state index is -0.0281. The molecule has 1 amide bonds. The lowest BCUT2D eigenvalue weighted by Crippen LogP contribution is -2.48. The first-order valence-corrected chi connectivity index (χ1v) is 9.82. The summed E-state index contributed by atoms with van der Waals surface area (Å²) in [6.45, 7) is 4.10. The van der Waals surface area contributed by atoms with Crippen LogP contribution in [0.2, 0.25) is 0 Å². The molecule has 1 fully saturated rings. The van der Waals surface area contributed by atoms with E-state index in [2.05, 4.69) is 10.3 Å². The van der Waals surface area contributed by atoms with Crippen LogP contribution in [-0.2, 0) is 4.79 Å². The number of hydrogen-bond acceptors (Lipinski definition) is 6. The van der Waals surface area contributed by atoms with E-state index < -0.39 is 0 Å². The summed E-state index contributed by atoms with van der Waals surface area (Å²) in [6, 6.07) is 9.01. The highest BCUT2D eigenvalue weighted by Crippen LogP contribution is 2.28. The van der Waals surface area contributed by atoms with Gasteiger partial charge in [-0.05, 0) is 43.2 Å². The van der Waals surface area contributed by atoms with Crippen molar-refractivity contribution in [3.8, 4) is 11.5 Å². The number of ketones is 1. The SMILES string of the molecule is COc1cc(C(C)=O)ccc1OCCCC(=O)N1CCNCC1c1cccnc1. The molecule has 0 spiro atoms. The molecule has 154 valence electrons. The van der Waals surface area contributed by atoms with Gasteiger partial charge in [-0.3, -0.25) is 14.6 Å². The third-order valence-electron chi connectivity index (χ3n) is 5.00. The number of Topliss-reactive ketones (excluding diaryl/α,β-unsaturated/α-hetero) is 1. The average Bonchev–Trinajstić information content (AvgIpc) is 2.77. The molecule has 7 heteroatoms. The Kier molecular flexibility index (Phi) is 7.19. The van der Waals surface area contributed by atoms with Gasteiger partial charge in [0.1, 0.15) is 0 Å². The second-order valence-corrected chi connectivity index (χ2v) is 6.97. The molecule has 3 rings (SSSR count). The van der Waals surface area contributed by atoms with E-state index in [1.165, 1.54) is 6.92 Å². The maximum absolute atomic E-state index is 12.8. The Hall–Kier alpha value is -2.93. The quantitative estimate of drug-likeness (QED) is 0.545. The topological polar surface area (TPSA) is 80.8 Å². The monoisotopic (exact) mass is 397 g/mol. The van der Waals surface area contributed by atoms with Crippen molar-refractivity contribution in [1.29, 1.82) is 0 Å². The minimum Gasteiger partial charge on any atom is -0.493 e. The molecule has 2 heterocycles. The Balaban J connectivity index is 1.53. The van der Waals surface area contributed by atoms with Crippen molar-refractivity contribution >= 4 is 11.7 Å². The summed E-state index contributed by atoms with van der Waals surface area (Å²) in [4.78, 5) is 30.4. The molecule has 1 aromatic heterocycles. The van der Waals surface area contributed by atoms with E-state index in [1.54, 1.807) is 31.5 Å². The lowest BCUT2D eigenvalue weighted by Gasteiger charge is -2.36. The van der Waals surface area contributed by atoms with E-state index >= 15 is 0 Å². The van der Waals surface area contributed by atoms with Crippen LogP contribution in [0.15, 0.2) is 42.7 Å². The van der Waals surface area contributed by atoms with Gasteiger partial charge in [0, 0.05) is 44.0 Å². The molecular weight excluding hydrogens is 370 g/mol. The number of piperazine rings is 1. The number of carbonyl (C=O) groups is 2. The van der Waals surface area contributed by atoms with E-state index in [1.807, 2.05) is 23.2 Å². The average molecular weight is 397 g/mol. The third kappa shape index (κ3) is 5.32. The first kappa shape index (κ1) is 20.8. The molecule has 7 nitrogen and oxygen atoms in total. The maximum Gasteiger partial charge on any atom is 0.223 e. The number of amides is 1. The summed E-state index contributed by atoms with van der Waals surface area (Å²) in [7, 11) is 1.54. The zero-order valence-corrected chi connectivity index (χ0v) is 16.9. The molecule has 1 aliphatic heterocycles. The van der Waals surface area contributed by atoms with Crippen LogP contribution in [0, 0.1) is 0 Å². The van der Waals surface area contributed by atoms with Gasteiger partial charge in [0.05, 0.1) is 19.8 Å². The van der Waals surface area contributed by atoms with Crippen molar-refractivity contribution in [1.82, 2.24) is 15.2 Å². The second-order valence-electron chi connectivity index (χ2n) is 6.97. The van der Waals surface area contributed by atoms with Gasteiger partial charge in [0.2, 0.25) is 5.91 Å². The first-order valence-electron chi connectivity index (χ1n) is 9.82. The number of carbonyl (C=O) groups excluding carboxylic acids is 2. The largest absolute Gasteiger partial charge is 0.493 e. The molecule has 0 aliphatic carbocycles. The number of nitrogens with zero attached hydrogens (tertiary/aromatic N) is 2. The molecule has 1 aromatic carbocycles. The van der Waals surface area contributed by atoms with Crippen molar-refractivity contribution in [2.24, 2.45) is 0 Å². The van der Waals surface area contributed by atoms with Crippen LogP contribution < -0.4 is 14.8 Å². The fourth-order valence-electron chi connectivity index (χ4n) is 3.43. The number of hydrogen-bond donors (Lipinski definition) is 1. The van der Waals surface area contributed by atoms with Gasteiger partial charge in [0.15, 0.2) is 17.3 Å². The van der Waals surface area contributed by atoms with Crippen LogP contribution in [0.3, 0.4) is 0 Å². The summed E-state index contributed by atoms with van der Waals surface area (Å²) < 4.78 is 11.1. The summed E-state index contributed by atoms with van der Waals surface area (Å²) >= 11 is 0. The number of aromatic nitrogens is 1. The highest BCUT2D eigenvalue weighted by molar-refractivity contribution is 5.94. The molecule has 2 aromatic rings. The first-order chi connectivity index (χ1) is 14.1. The molecular formula is C22H27N3O4. The third-order valence-corrected chi connectivity index (χ3v) is 5.00. The molecule has 1 saturated heterocycles. The zero-order chi connectivity index (χ0) is 20.6. The molecule has 1 unspecified atom stereocenters. The van der Waals surface area contributed by atoms with Crippen molar-refractivity contribution in [2.75, 3.05) is 33.4 Å². The van der Waals surface area contributed by atoms with E-state index in [9.17, 15) is 9.59 Å². The summed E-state index contributed by atoms with van der Waals surface area (Å²) in [5, 5.41) is 3.35. The van der Waals surface area contributed by atoms with Crippen LogP contribution in [0.4, 0.5) is 0 Å². The molecule has 0 bridgehead atoms. The highest BCUT2D eigenvalue weighted by Gasteiger charge is 2.27. The maximum atomic E-state index is 12.8. The van der Waals surface area contributed by atoms with Gasteiger partial charge in [-0.1, -0.05) is 6.07 Å². The Morgan fingerprint density at radius 3 is 2.86 bits per heavy atom. The number of nitrogens with one attached hydrogen (secondary N) is 1. The molecule has 1 aliphatic rings. The van der Waals surface area contributed by atoms with Gasteiger partial charge in [-0.25, -0.2) is 0 Å². The fourth-order valence-corrected chi connectivity index (χ4v) is 3.43. The van der Waals surface area contributed by atoms with Crippen LogP contribution in [-0.4, -0.2) is 54.9 Å². The van der Waals surface area contributed by atoms with E-state index in [0.29, 0.717) is 43.1 Å². The predicted octanol–water partition coefficient (Wildman–Crippen LogP) is 2.62. The van der Waals surface area contributed by atoms with Gasteiger partial charge in [-0.15, -0.1) is 0 Å². The Morgan fingerprint density at radius 1 is 1.28 bits per heavy atom. The van der Waals surface area contributed by atoms with Crippen LogP contribution in [0.5, 0.6) is 11.5 Å². The van der Waals surface area contributed by atoms with Crippen LogP contribution in [0.1, 0.15) is 41.7 Å². The van der Waals surface area contributed by atoms with E-state index in [0.717, 1.165) is 18.7 Å². The molecule has 0 radical (unpaired) electrons. The smallest absolute Gasteiger partial charge is 0.223 e. The summed E-state index contributed by atoms with van der Waals surface area (Å²) in [5.41, 5.74) is 1.61. The van der Waals surface area contributed by atoms with Crippen molar-refractivity contribution in [3.05, 3.63) is 53.9 Å². The van der Waals surface area contributed by atoms with Gasteiger partial charge < -0.3 is 19.7 Å². The summed E-state index contributed by atoms with van der Waals surface area (Å²) in [5.74, 6) is 1.17. The van der Waals surface area contributed by atoms with Crippen molar-refractivity contribution in [2.45, 2.75) is 25.8 Å². The minimum absolute atomic E-state index is 0.00471. The fraction of sp³-hybridized carbons (Fsp3) is 0.409. The Labute approximate surface area is 171 Å². The zero-order valence-electron chi connectivity index (χ0n) is 16.9. The van der Waals surface area contributed by atoms with Crippen molar-refractivity contribution < 1.29 is 19.1 Å². The molecule has 29 heavy (non-hydrogen) atoms. The molecule has 1 N–H and O–H groups in total. The van der Waals surface area contributed by atoms with Crippen molar-refractivity contribution in [3.63, 3.8) is 0 Å². The van der Waals surface area contributed by atoms with E-state index in [4.69, 9.17) is 9.47 Å². The van der Waals surface area contributed by atoms with Gasteiger partial charge in [0.25, 0.3) is 0 Å². The van der Waals surface area contributed by atoms with Gasteiger partial charge >= 0.3 is 0 Å². The standard InChI is InChI=1S/C22H27N3O4/c1-16(26)17-7-8-20(21(13-17)28-2)29-12-4-6-22(27)25-11-10-24-15-19(25)18-5-3-9-23-14-18/h3,5,7-9,13-14,19,24H,4,6,10-12,15H2,1-2H3. The lowest BCUT2D eigenvalue weighted by atomic mass is 10.0. The number of benzene rings is 1. The normalized spacial score (nSPS) is 16.3. The predicted molar refractivity (Wildman–Crippen MR) is 109 cm³/mol. The molecule has 1 atom stereocenters. The van der Waals surface area contributed by atoms with E-state index in [-0.39, 0.29) is 17.7 Å². The molecule has 0 saturated carbocycles. The second kappa shape index (κ2) is 10.0. The van der Waals surface area contributed by atoms with Crippen LogP contribution in [0.25, 0.3) is 0 Å².